The van der Waals surface area contributed by atoms with Gasteiger partial charge in [-0.25, -0.2) is 0 Å². The summed E-state index contributed by atoms with van der Waals surface area (Å²) in [6.45, 7) is 1.98. The number of hydrogen-bond acceptors (Lipinski definition) is 4. The number of thiophene rings is 1. The molecule has 1 atom stereocenters. The van der Waals surface area contributed by atoms with Gasteiger partial charge in [-0.05, 0) is 67.6 Å². The summed E-state index contributed by atoms with van der Waals surface area (Å²) in [6, 6.07) is 10.0. The number of ether oxygens (including phenoxy) is 1. The molecule has 27 heavy (non-hydrogen) atoms. The molecule has 2 aromatic rings. The number of rotatable bonds is 7. The monoisotopic (exact) mass is 394 g/mol. The molecule has 1 N–H and O–H groups in total. The lowest BCUT2D eigenvalue weighted by molar-refractivity contribution is -0.0498. The van der Waals surface area contributed by atoms with Crippen LogP contribution in [-0.4, -0.2) is 37.1 Å². The van der Waals surface area contributed by atoms with Gasteiger partial charge < -0.3 is 10.1 Å². The summed E-state index contributed by atoms with van der Waals surface area (Å²) in [5.74, 6) is 0.569. The fourth-order valence-corrected chi connectivity index (χ4v) is 4.17. The van der Waals surface area contributed by atoms with Gasteiger partial charge in [0.15, 0.2) is 0 Å². The van der Waals surface area contributed by atoms with Crippen molar-refractivity contribution < 1.29 is 18.3 Å². The highest BCUT2D eigenvalue weighted by molar-refractivity contribution is 7.10. The number of nitrogens with zero attached hydrogens (tertiary/aromatic N) is 1. The smallest absolute Gasteiger partial charge is 0.387 e. The summed E-state index contributed by atoms with van der Waals surface area (Å²) in [5.41, 5.74) is 0.425. The van der Waals surface area contributed by atoms with Crippen molar-refractivity contribution in [3.63, 3.8) is 0 Å². The molecule has 1 aliphatic rings. The molecule has 1 amide bonds. The highest BCUT2D eigenvalue weighted by Crippen LogP contribution is 2.29. The van der Waals surface area contributed by atoms with E-state index in [9.17, 15) is 13.6 Å². The Bertz CT molecular complexity index is 714. The molecule has 7 heteroatoms. The fraction of sp³-hybridized carbons (Fsp3) is 0.450. The summed E-state index contributed by atoms with van der Waals surface area (Å²) in [6.07, 6.45) is 2.34. The number of amides is 1. The van der Waals surface area contributed by atoms with Crippen LogP contribution in [0, 0.1) is 5.92 Å². The van der Waals surface area contributed by atoms with Gasteiger partial charge in [0.2, 0.25) is 0 Å². The number of hydrogen-bond donors (Lipinski definition) is 1. The molecule has 0 bridgehead atoms. The molecule has 4 nitrogen and oxygen atoms in total. The van der Waals surface area contributed by atoms with E-state index in [4.69, 9.17) is 0 Å². The van der Waals surface area contributed by atoms with Crippen molar-refractivity contribution in [3.05, 3.63) is 52.2 Å². The molecule has 3 rings (SSSR count). The number of carbonyl (C=O) groups is 1. The predicted octanol–water partition coefficient (Wildman–Crippen LogP) is 4.55. The highest BCUT2D eigenvalue weighted by Gasteiger charge is 2.25. The van der Waals surface area contributed by atoms with Crippen LogP contribution >= 0.6 is 11.3 Å². The molecule has 146 valence electrons. The zero-order valence-corrected chi connectivity index (χ0v) is 16.1. The van der Waals surface area contributed by atoms with E-state index < -0.39 is 6.61 Å². The van der Waals surface area contributed by atoms with E-state index in [1.807, 2.05) is 6.07 Å². The molecule has 1 saturated heterocycles. The lowest BCUT2D eigenvalue weighted by Gasteiger charge is -2.36. The average Bonchev–Trinajstić information content (AvgIpc) is 3.18. The van der Waals surface area contributed by atoms with Crippen molar-refractivity contribution in [1.82, 2.24) is 10.2 Å². The third-order valence-corrected chi connectivity index (χ3v) is 5.90. The Hall–Kier alpha value is -1.99. The minimum atomic E-state index is -2.87. The Balaban J connectivity index is 1.62. The first-order chi connectivity index (χ1) is 13.0. The predicted molar refractivity (Wildman–Crippen MR) is 102 cm³/mol. The lowest BCUT2D eigenvalue weighted by atomic mass is 9.97. The number of likely N-dealkylation sites (tertiary alicyclic amines) is 1. The molecule has 0 aliphatic carbocycles. The van der Waals surface area contributed by atoms with Crippen LogP contribution in [0.5, 0.6) is 5.75 Å². The van der Waals surface area contributed by atoms with Crippen molar-refractivity contribution in [3.8, 4) is 5.75 Å². The second kappa shape index (κ2) is 9.28. The Kier molecular flexibility index (Phi) is 6.79. The van der Waals surface area contributed by atoms with E-state index in [0.717, 1.165) is 19.0 Å². The summed E-state index contributed by atoms with van der Waals surface area (Å²) < 4.78 is 28.8. The number of benzene rings is 1. The summed E-state index contributed by atoms with van der Waals surface area (Å²) >= 11 is 1.70. The lowest BCUT2D eigenvalue weighted by Crippen LogP contribution is -2.41. The molecule has 0 spiro atoms. The fourth-order valence-electron chi connectivity index (χ4n) is 3.31. The van der Waals surface area contributed by atoms with E-state index >= 15 is 0 Å². The number of nitrogens with one attached hydrogen (secondary N) is 1. The van der Waals surface area contributed by atoms with E-state index in [1.165, 1.54) is 42.0 Å². The summed E-state index contributed by atoms with van der Waals surface area (Å²) in [4.78, 5) is 16.1. The van der Waals surface area contributed by atoms with Crippen molar-refractivity contribution >= 4 is 17.2 Å². The Morgan fingerprint density at radius 3 is 2.56 bits per heavy atom. The maximum atomic E-state index is 12.5. The zero-order valence-electron chi connectivity index (χ0n) is 15.2. The minimum Gasteiger partial charge on any atom is -0.435 e. The van der Waals surface area contributed by atoms with E-state index in [1.54, 1.807) is 11.3 Å². The molecule has 1 aliphatic heterocycles. The van der Waals surface area contributed by atoms with Crippen molar-refractivity contribution in [2.24, 2.45) is 5.92 Å². The van der Waals surface area contributed by atoms with E-state index in [-0.39, 0.29) is 17.7 Å². The van der Waals surface area contributed by atoms with Crippen LogP contribution in [0.2, 0.25) is 0 Å². The minimum absolute atomic E-state index is 0.0421. The summed E-state index contributed by atoms with van der Waals surface area (Å²) in [7, 11) is 0. The largest absolute Gasteiger partial charge is 0.435 e. The van der Waals surface area contributed by atoms with Crippen molar-refractivity contribution in [2.45, 2.75) is 32.4 Å². The van der Waals surface area contributed by atoms with Gasteiger partial charge in [0, 0.05) is 17.0 Å². The van der Waals surface area contributed by atoms with Gasteiger partial charge in [-0.1, -0.05) is 13.0 Å². The highest BCUT2D eigenvalue weighted by atomic mass is 32.1. The van der Waals surface area contributed by atoms with Gasteiger partial charge in [0.05, 0.1) is 6.04 Å². The number of piperidine rings is 1. The molecular formula is C20H24F2N2O2S. The first-order valence-corrected chi connectivity index (χ1v) is 10.0. The van der Waals surface area contributed by atoms with Crippen LogP contribution in [0.25, 0.3) is 0 Å². The van der Waals surface area contributed by atoms with Gasteiger partial charge >= 0.3 is 6.61 Å². The molecule has 1 aromatic heterocycles. The third-order valence-electron chi connectivity index (χ3n) is 4.93. The van der Waals surface area contributed by atoms with Crippen molar-refractivity contribution in [1.29, 1.82) is 0 Å². The van der Waals surface area contributed by atoms with E-state index in [0.29, 0.717) is 12.1 Å². The quantitative estimate of drug-likeness (QED) is 0.749. The molecule has 1 fully saturated rings. The van der Waals surface area contributed by atoms with Gasteiger partial charge in [0.1, 0.15) is 5.75 Å². The number of carbonyl (C=O) groups excluding carboxylic acids is 1. The van der Waals surface area contributed by atoms with Gasteiger partial charge in [-0.15, -0.1) is 11.3 Å². The maximum absolute atomic E-state index is 12.5. The second-order valence-corrected chi connectivity index (χ2v) is 7.84. The third kappa shape index (κ3) is 5.49. The standard InChI is InChI=1S/C20H24F2N2O2S/c1-14-8-10-24(11-9-14)17(18-3-2-12-27-18)13-23-19(25)15-4-6-16(7-5-15)26-20(21)22/h2-7,12,14,17,20H,8-11,13H2,1H3,(H,23,25). The first-order valence-electron chi connectivity index (χ1n) is 9.13. The van der Waals surface area contributed by atoms with Crippen LogP contribution in [0.3, 0.4) is 0 Å². The first kappa shape index (κ1) is 19.8. The topological polar surface area (TPSA) is 41.6 Å². The second-order valence-electron chi connectivity index (χ2n) is 6.86. The van der Waals surface area contributed by atoms with Crippen LogP contribution in [0.15, 0.2) is 41.8 Å². The van der Waals surface area contributed by atoms with Crippen molar-refractivity contribution in [2.75, 3.05) is 19.6 Å². The summed E-state index contributed by atoms with van der Waals surface area (Å²) in [5, 5.41) is 5.05. The van der Waals surface area contributed by atoms with Gasteiger partial charge in [-0.2, -0.15) is 8.78 Å². The molecule has 1 aromatic carbocycles. The number of alkyl halides is 2. The van der Waals surface area contributed by atoms with Crippen LogP contribution in [-0.2, 0) is 0 Å². The Labute approximate surface area is 162 Å². The Morgan fingerprint density at radius 1 is 1.26 bits per heavy atom. The van der Waals surface area contributed by atoms with Crippen LogP contribution < -0.4 is 10.1 Å². The van der Waals surface area contributed by atoms with Crippen LogP contribution in [0.4, 0.5) is 8.78 Å². The SMILES string of the molecule is CC1CCN(C(CNC(=O)c2ccc(OC(F)F)cc2)c2cccs2)CC1. The normalized spacial score (nSPS) is 17.0. The van der Waals surface area contributed by atoms with Gasteiger partial charge in [0.25, 0.3) is 5.91 Å². The molecular weight excluding hydrogens is 370 g/mol. The zero-order chi connectivity index (χ0) is 19.2. The molecule has 0 radical (unpaired) electrons. The molecule has 0 saturated carbocycles. The van der Waals surface area contributed by atoms with E-state index in [2.05, 4.69) is 33.3 Å². The maximum Gasteiger partial charge on any atom is 0.387 e. The van der Waals surface area contributed by atoms with Crippen LogP contribution in [0.1, 0.15) is 41.0 Å². The number of halogens is 2. The molecule has 2 heterocycles. The Morgan fingerprint density at radius 2 is 1.96 bits per heavy atom. The average molecular weight is 394 g/mol. The molecule has 1 unspecified atom stereocenters. The van der Waals surface area contributed by atoms with Gasteiger partial charge in [-0.3, -0.25) is 9.69 Å².